The van der Waals surface area contributed by atoms with E-state index in [1.165, 1.54) is 0 Å². The van der Waals surface area contributed by atoms with Crippen LogP contribution in [0.5, 0.6) is 0 Å². The fraction of sp³-hybridized carbons (Fsp3) is 0.800. The molecular formula is C10H19NO3S. The van der Waals surface area contributed by atoms with Crippen LogP contribution in [0.4, 0.5) is 0 Å². The molecule has 2 N–H and O–H groups in total. The van der Waals surface area contributed by atoms with Gasteiger partial charge in [0, 0.05) is 6.54 Å². The lowest BCUT2D eigenvalue weighted by atomic mass is 10.1. The fourth-order valence-electron chi connectivity index (χ4n) is 1.14. The van der Waals surface area contributed by atoms with E-state index in [1.54, 1.807) is 11.8 Å². The predicted molar refractivity (Wildman–Crippen MR) is 62.0 cm³/mol. The van der Waals surface area contributed by atoms with E-state index in [0.29, 0.717) is 0 Å². The van der Waals surface area contributed by atoms with Crippen LogP contribution in [0.1, 0.15) is 27.2 Å². The Balaban J connectivity index is 3.97. The van der Waals surface area contributed by atoms with Gasteiger partial charge in [-0.2, -0.15) is 0 Å². The number of amides is 1. The van der Waals surface area contributed by atoms with Gasteiger partial charge in [0.1, 0.15) is 0 Å². The minimum atomic E-state index is -0.889. The molecule has 1 atom stereocenters. The normalized spacial score (nSPS) is 12.5. The molecule has 0 aromatic carbocycles. The molecule has 0 saturated heterocycles. The first-order valence-corrected chi connectivity index (χ1v) is 6.15. The number of carboxylic acid groups (broad SMARTS) is 1. The summed E-state index contributed by atoms with van der Waals surface area (Å²) < 4.78 is 0. The molecule has 0 bridgehead atoms. The van der Waals surface area contributed by atoms with Gasteiger partial charge in [-0.05, 0) is 11.7 Å². The van der Waals surface area contributed by atoms with E-state index in [2.05, 4.69) is 5.32 Å². The van der Waals surface area contributed by atoms with Gasteiger partial charge in [-0.1, -0.05) is 20.8 Å². The maximum Gasteiger partial charge on any atom is 0.305 e. The Kier molecular flexibility index (Phi) is 7.21. The van der Waals surface area contributed by atoms with Gasteiger partial charge in [0.05, 0.1) is 11.7 Å². The average molecular weight is 233 g/mol. The SMILES string of the molecule is CCSC(C(=O)NCCC(=O)O)C(C)C. The summed E-state index contributed by atoms with van der Waals surface area (Å²) in [5.41, 5.74) is 0. The van der Waals surface area contributed by atoms with Crippen molar-refractivity contribution in [2.24, 2.45) is 5.92 Å². The van der Waals surface area contributed by atoms with Crippen molar-refractivity contribution in [2.75, 3.05) is 12.3 Å². The highest BCUT2D eigenvalue weighted by molar-refractivity contribution is 8.00. The summed E-state index contributed by atoms with van der Waals surface area (Å²) in [7, 11) is 0. The second-order valence-electron chi connectivity index (χ2n) is 3.55. The summed E-state index contributed by atoms with van der Waals surface area (Å²) in [6, 6.07) is 0. The first-order chi connectivity index (χ1) is 6.99. The summed E-state index contributed by atoms with van der Waals surface area (Å²) in [5.74, 6) is 0.201. The third-order valence-corrected chi connectivity index (χ3v) is 3.30. The van der Waals surface area contributed by atoms with Crippen LogP contribution < -0.4 is 5.32 Å². The zero-order valence-electron chi connectivity index (χ0n) is 9.45. The molecule has 0 saturated carbocycles. The molecule has 0 heterocycles. The van der Waals surface area contributed by atoms with Crippen LogP contribution in [0.25, 0.3) is 0 Å². The number of thioether (sulfide) groups is 1. The third kappa shape index (κ3) is 6.38. The van der Waals surface area contributed by atoms with E-state index in [9.17, 15) is 9.59 Å². The number of hydrogen-bond acceptors (Lipinski definition) is 3. The van der Waals surface area contributed by atoms with Crippen LogP contribution in [-0.4, -0.2) is 34.5 Å². The molecule has 88 valence electrons. The van der Waals surface area contributed by atoms with E-state index in [-0.39, 0.29) is 30.0 Å². The molecule has 1 amide bonds. The van der Waals surface area contributed by atoms with Crippen molar-refractivity contribution in [1.82, 2.24) is 5.32 Å². The molecule has 0 aliphatic heterocycles. The molecule has 0 spiro atoms. The standard InChI is InChI=1S/C10H19NO3S/c1-4-15-9(7(2)3)10(14)11-6-5-8(12)13/h7,9H,4-6H2,1-3H3,(H,11,14)(H,12,13). The average Bonchev–Trinajstić information content (AvgIpc) is 2.12. The first-order valence-electron chi connectivity index (χ1n) is 5.10. The fourth-order valence-corrected chi connectivity index (χ4v) is 2.12. The van der Waals surface area contributed by atoms with Gasteiger partial charge in [-0.3, -0.25) is 9.59 Å². The molecule has 0 aliphatic rings. The Hall–Kier alpha value is -0.710. The number of nitrogens with one attached hydrogen (secondary N) is 1. The molecule has 4 nitrogen and oxygen atoms in total. The zero-order chi connectivity index (χ0) is 11.8. The largest absolute Gasteiger partial charge is 0.481 e. The third-order valence-electron chi connectivity index (χ3n) is 1.85. The van der Waals surface area contributed by atoms with Crippen molar-refractivity contribution in [3.63, 3.8) is 0 Å². The molecular weight excluding hydrogens is 214 g/mol. The van der Waals surface area contributed by atoms with E-state index < -0.39 is 5.97 Å². The number of aliphatic carboxylic acids is 1. The Morgan fingerprint density at radius 1 is 1.40 bits per heavy atom. The van der Waals surface area contributed by atoms with Crippen LogP contribution in [0.3, 0.4) is 0 Å². The number of rotatable bonds is 7. The summed E-state index contributed by atoms with van der Waals surface area (Å²) in [6.07, 6.45) is -0.0205. The lowest BCUT2D eigenvalue weighted by Gasteiger charge is -2.18. The molecule has 0 fully saturated rings. The van der Waals surface area contributed by atoms with Gasteiger partial charge >= 0.3 is 5.97 Å². The Morgan fingerprint density at radius 2 is 2.00 bits per heavy atom. The summed E-state index contributed by atoms with van der Waals surface area (Å²) in [5, 5.41) is 11.0. The van der Waals surface area contributed by atoms with Crippen molar-refractivity contribution in [2.45, 2.75) is 32.4 Å². The van der Waals surface area contributed by atoms with Crippen LogP contribution in [0.15, 0.2) is 0 Å². The van der Waals surface area contributed by atoms with Crippen LogP contribution in [0, 0.1) is 5.92 Å². The highest BCUT2D eigenvalue weighted by Crippen LogP contribution is 2.19. The topological polar surface area (TPSA) is 66.4 Å². The number of hydrogen-bond donors (Lipinski definition) is 2. The molecule has 15 heavy (non-hydrogen) atoms. The minimum absolute atomic E-state index is 0.0205. The predicted octanol–water partition coefficient (Wildman–Crippen LogP) is 1.35. The van der Waals surface area contributed by atoms with Crippen molar-refractivity contribution in [1.29, 1.82) is 0 Å². The molecule has 1 unspecified atom stereocenters. The van der Waals surface area contributed by atoms with Gasteiger partial charge in [-0.25, -0.2) is 0 Å². The van der Waals surface area contributed by atoms with Gasteiger partial charge in [0.15, 0.2) is 0 Å². The molecule has 0 rings (SSSR count). The summed E-state index contributed by atoms with van der Waals surface area (Å²) in [6.45, 7) is 6.19. The van der Waals surface area contributed by atoms with E-state index >= 15 is 0 Å². The van der Waals surface area contributed by atoms with E-state index in [4.69, 9.17) is 5.11 Å². The zero-order valence-corrected chi connectivity index (χ0v) is 10.3. The number of carboxylic acids is 1. The van der Waals surface area contributed by atoms with Crippen LogP contribution in [0.2, 0.25) is 0 Å². The maximum absolute atomic E-state index is 11.6. The highest BCUT2D eigenvalue weighted by Gasteiger charge is 2.21. The van der Waals surface area contributed by atoms with Crippen LogP contribution in [-0.2, 0) is 9.59 Å². The van der Waals surface area contributed by atoms with Crippen molar-refractivity contribution in [3.05, 3.63) is 0 Å². The Bertz CT molecular complexity index is 219. The van der Waals surface area contributed by atoms with Crippen molar-refractivity contribution < 1.29 is 14.7 Å². The summed E-state index contributed by atoms with van der Waals surface area (Å²) in [4.78, 5) is 21.9. The molecule has 5 heteroatoms. The van der Waals surface area contributed by atoms with Gasteiger partial charge in [0.2, 0.25) is 5.91 Å². The molecule has 0 aliphatic carbocycles. The highest BCUT2D eigenvalue weighted by atomic mass is 32.2. The second kappa shape index (κ2) is 7.56. The van der Waals surface area contributed by atoms with E-state index in [1.807, 2.05) is 20.8 Å². The van der Waals surface area contributed by atoms with Gasteiger partial charge < -0.3 is 10.4 Å². The molecule has 0 radical (unpaired) electrons. The van der Waals surface area contributed by atoms with Crippen LogP contribution >= 0.6 is 11.8 Å². The van der Waals surface area contributed by atoms with E-state index in [0.717, 1.165) is 5.75 Å². The Labute approximate surface area is 94.8 Å². The first kappa shape index (κ1) is 14.3. The lowest BCUT2D eigenvalue weighted by Crippen LogP contribution is -2.37. The summed E-state index contributed by atoms with van der Waals surface area (Å²) >= 11 is 1.59. The Morgan fingerprint density at radius 3 is 2.40 bits per heavy atom. The van der Waals surface area contributed by atoms with Gasteiger partial charge in [-0.15, -0.1) is 11.8 Å². The van der Waals surface area contributed by atoms with Crippen molar-refractivity contribution >= 4 is 23.6 Å². The number of carbonyl (C=O) groups excluding carboxylic acids is 1. The number of carbonyl (C=O) groups is 2. The monoisotopic (exact) mass is 233 g/mol. The minimum Gasteiger partial charge on any atom is -0.481 e. The second-order valence-corrected chi connectivity index (χ2v) is 4.97. The smallest absolute Gasteiger partial charge is 0.305 e. The van der Waals surface area contributed by atoms with Crippen molar-refractivity contribution in [3.8, 4) is 0 Å². The maximum atomic E-state index is 11.6. The van der Waals surface area contributed by atoms with Gasteiger partial charge in [0.25, 0.3) is 0 Å². The molecule has 0 aromatic rings. The lowest BCUT2D eigenvalue weighted by molar-refractivity contribution is -0.136. The quantitative estimate of drug-likeness (QED) is 0.696. The molecule has 0 aromatic heterocycles.